The van der Waals surface area contributed by atoms with Gasteiger partial charge in [0.2, 0.25) is 0 Å². The van der Waals surface area contributed by atoms with E-state index in [1.54, 1.807) is 0 Å². The molecule has 1 saturated heterocycles. The maximum atomic E-state index is 13.4. The first-order valence-corrected chi connectivity index (χ1v) is 11.6. The van der Waals surface area contributed by atoms with Gasteiger partial charge < -0.3 is 9.47 Å². The molecule has 0 aliphatic carbocycles. The number of halogens is 1. The van der Waals surface area contributed by atoms with E-state index in [9.17, 15) is 9.18 Å². The maximum absolute atomic E-state index is 13.4. The second-order valence-electron chi connectivity index (χ2n) is 10.0. The van der Waals surface area contributed by atoms with Crippen LogP contribution in [0, 0.1) is 11.2 Å². The normalized spacial score (nSPS) is 18.3. The Balaban J connectivity index is 1.50. The SMILES string of the molecule is C[C@H](c1ccc(F)cc1)n1cncc1CN1CCN(C(=O)c2ccccc2)C(C(C)(C)C)C1. The second-order valence-corrected chi connectivity index (χ2v) is 10.0. The zero-order valence-electron chi connectivity index (χ0n) is 19.9. The molecular weight excluding hydrogens is 415 g/mol. The molecule has 1 unspecified atom stereocenters. The minimum Gasteiger partial charge on any atom is -0.333 e. The average molecular weight is 449 g/mol. The van der Waals surface area contributed by atoms with Crippen LogP contribution in [0.25, 0.3) is 0 Å². The van der Waals surface area contributed by atoms with Gasteiger partial charge in [0.05, 0.1) is 18.1 Å². The number of hydrogen-bond donors (Lipinski definition) is 0. The number of piperazine rings is 1. The number of rotatable bonds is 5. The zero-order chi connectivity index (χ0) is 23.6. The Kier molecular flexibility index (Phi) is 6.66. The summed E-state index contributed by atoms with van der Waals surface area (Å²) in [7, 11) is 0. The Labute approximate surface area is 195 Å². The van der Waals surface area contributed by atoms with Gasteiger partial charge in [-0.25, -0.2) is 9.37 Å². The first-order chi connectivity index (χ1) is 15.7. The van der Waals surface area contributed by atoms with Crippen LogP contribution in [0.3, 0.4) is 0 Å². The first kappa shape index (κ1) is 23.2. The molecule has 0 N–H and O–H groups in total. The molecule has 1 aromatic heterocycles. The number of imidazole rings is 1. The molecule has 0 bridgehead atoms. The topological polar surface area (TPSA) is 41.4 Å². The van der Waals surface area contributed by atoms with E-state index in [4.69, 9.17) is 0 Å². The molecule has 2 heterocycles. The minimum absolute atomic E-state index is 0.0508. The number of carbonyl (C=O) groups is 1. The van der Waals surface area contributed by atoms with Crippen molar-refractivity contribution in [2.75, 3.05) is 19.6 Å². The third-order valence-corrected chi connectivity index (χ3v) is 6.65. The van der Waals surface area contributed by atoms with Crippen LogP contribution in [0.1, 0.15) is 55.4 Å². The Morgan fingerprint density at radius 3 is 2.45 bits per heavy atom. The van der Waals surface area contributed by atoms with Crippen LogP contribution in [0.2, 0.25) is 0 Å². The van der Waals surface area contributed by atoms with Crippen molar-refractivity contribution in [3.05, 3.63) is 89.8 Å². The lowest BCUT2D eigenvalue weighted by atomic mass is 9.83. The van der Waals surface area contributed by atoms with Gasteiger partial charge in [-0.1, -0.05) is 51.1 Å². The molecular formula is C27H33FN4O. The van der Waals surface area contributed by atoms with Crippen LogP contribution in [0.15, 0.2) is 67.1 Å². The third-order valence-electron chi connectivity index (χ3n) is 6.65. The van der Waals surface area contributed by atoms with E-state index in [1.165, 1.54) is 12.1 Å². The summed E-state index contributed by atoms with van der Waals surface area (Å²) in [5.74, 6) is -0.127. The van der Waals surface area contributed by atoms with Crippen LogP contribution < -0.4 is 0 Å². The summed E-state index contributed by atoms with van der Waals surface area (Å²) in [6, 6.07) is 16.4. The molecule has 0 saturated carbocycles. The van der Waals surface area contributed by atoms with E-state index >= 15 is 0 Å². The summed E-state index contributed by atoms with van der Waals surface area (Å²) in [6.07, 6.45) is 3.76. The van der Waals surface area contributed by atoms with Crippen LogP contribution in [-0.4, -0.2) is 50.9 Å². The number of nitrogens with zero attached hydrogens (tertiary/aromatic N) is 4. The highest BCUT2D eigenvalue weighted by atomic mass is 19.1. The second kappa shape index (κ2) is 9.48. The van der Waals surface area contributed by atoms with Gasteiger partial charge in [0, 0.05) is 44.0 Å². The summed E-state index contributed by atoms with van der Waals surface area (Å²) in [6.45, 7) is 11.8. The maximum Gasteiger partial charge on any atom is 0.254 e. The van der Waals surface area contributed by atoms with Crippen molar-refractivity contribution in [2.24, 2.45) is 5.41 Å². The van der Waals surface area contributed by atoms with Crippen LogP contribution in [0.4, 0.5) is 4.39 Å². The van der Waals surface area contributed by atoms with Crippen molar-refractivity contribution in [2.45, 2.75) is 46.3 Å². The molecule has 4 rings (SSSR count). The fraction of sp³-hybridized carbons (Fsp3) is 0.407. The minimum atomic E-state index is -0.229. The molecule has 2 atom stereocenters. The van der Waals surface area contributed by atoms with Gasteiger partial charge in [-0.05, 0) is 42.2 Å². The number of amides is 1. The zero-order valence-corrected chi connectivity index (χ0v) is 19.9. The monoisotopic (exact) mass is 448 g/mol. The van der Waals surface area contributed by atoms with E-state index in [0.29, 0.717) is 6.54 Å². The van der Waals surface area contributed by atoms with E-state index in [-0.39, 0.29) is 29.2 Å². The van der Waals surface area contributed by atoms with E-state index in [0.717, 1.165) is 36.5 Å². The summed E-state index contributed by atoms with van der Waals surface area (Å²) in [4.78, 5) is 22.1. The predicted octanol–water partition coefficient (Wildman–Crippen LogP) is 5.00. The summed E-state index contributed by atoms with van der Waals surface area (Å²) < 4.78 is 15.5. The molecule has 0 spiro atoms. The molecule has 1 aliphatic rings. The highest BCUT2D eigenvalue weighted by molar-refractivity contribution is 5.94. The van der Waals surface area contributed by atoms with Gasteiger partial charge in [0.25, 0.3) is 5.91 Å². The van der Waals surface area contributed by atoms with Gasteiger partial charge in [-0.2, -0.15) is 0 Å². The van der Waals surface area contributed by atoms with Crippen molar-refractivity contribution in [1.82, 2.24) is 19.4 Å². The molecule has 174 valence electrons. The summed E-state index contributed by atoms with van der Waals surface area (Å²) in [5.41, 5.74) is 2.85. The summed E-state index contributed by atoms with van der Waals surface area (Å²) >= 11 is 0. The van der Waals surface area contributed by atoms with Gasteiger partial charge in [-0.15, -0.1) is 0 Å². The van der Waals surface area contributed by atoms with Crippen molar-refractivity contribution in [3.63, 3.8) is 0 Å². The van der Waals surface area contributed by atoms with Crippen LogP contribution in [-0.2, 0) is 6.54 Å². The first-order valence-electron chi connectivity index (χ1n) is 11.6. The lowest BCUT2D eigenvalue weighted by Crippen LogP contribution is -2.59. The largest absolute Gasteiger partial charge is 0.333 e. The highest BCUT2D eigenvalue weighted by Crippen LogP contribution is 2.30. The van der Waals surface area contributed by atoms with Crippen LogP contribution in [0.5, 0.6) is 0 Å². The smallest absolute Gasteiger partial charge is 0.254 e. The van der Waals surface area contributed by atoms with E-state index in [2.05, 4.69) is 42.1 Å². The quantitative estimate of drug-likeness (QED) is 0.551. The number of hydrogen-bond acceptors (Lipinski definition) is 3. The average Bonchev–Trinajstić information content (AvgIpc) is 3.26. The van der Waals surface area contributed by atoms with Crippen molar-refractivity contribution in [1.29, 1.82) is 0 Å². The van der Waals surface area contributed by atoms with Crippen molar-refractivity contribution >= 4 is 5.91 Å². The van der Waals surface area contributed by atoms with E-state index < -0.39 is 0 Å². The molecule has 3 aromatic rings. The fourth-order valence-electron chi connectivity index (χ4n) is 4.65. The number of aromatic nitrogens is 2. The van der Waals surface area contributed by atoms with Crippen molar-refractivity contribution in [3.8, 4) is 0 Å². The molecule has 0 radical (unpaired) electrons. The highest BCUT2D eigenvalue weighted by Gasteiger charge is 2.38. The Hall–Kier alpha value is -2.99. The Morgan fingerprint density at radius 2 is 1.79 bits per heavy atom. The number of benzene rings is 2. The Morgan fingerprint density at radius 1 is 1.09 bits per heavy atom. The lowest BCUT2D eigenvalue weighted by molar-refractivity contribution is 0.0127. The van der Waals surface area contributed by atoms with E-state index in [1.807, 2.05) is 59.9 Å². The third kappa shape index (κ3) is 5.17. The molecule has 2 aromatic carbocycles. The van der Waals surface area contributed by atoms with Gasteiger partial charge in [-0.3, -0.25) is 9.69 Å². The fourth-order valence-corrected chi connectivity index (χ4v) is 4.65. The molecule has 33 heavy (non-hydrogen) atoms. The standard InChI is InChI=1S/C27H33FN4O/c1-20(21-10-12-23(28)13-11-21)32-19-29-16-24(32)17-30-14-15-31(25(18-30)27(2,3)4)26(33)22-8-6-5-7-9-22/h5-13,16,19-20,25H,14-15,17-18H2,1-4H3/t20-,25?/m1/s1. The summed E-state index contributed by atoms with van der Waals surface area (Å²) in [5, 5.41) is 0. The van der Waals surface area contributed by atoms with Gasteiger partial charge in [0.15, 0.2) is 0 Å². The van der Waals surface area contributed by atoms with Crippen LogP contribution >= 0.6 is 0 Å². The Bertz CT molecular complexity index is 1070. The van der Waals surface area contributed by atoms with Crippen molar-refractivity contribution < 1.29 is 9.18 Å². The van der Waals surface area contributed by atoms with Gasteiger partial charge >= 0.3 is 0 Å². The molecule has 6 heteroatoms. The van der Waals surface area contributed by atoms with Gasteiger partial charge in [0.1, 0.15) is 5.82 Å². The molecule has 1 fully saturated rings. The molecule has 5 nitrogen and oxygen atoms in total. The number of carbonyl (C=O) groups excluding carboxylic acids is 1. The lowest BCUT2D eigenvalue weighted by Gasteiger charge is -2.47. The molecule has 1 aliphatic heterocycles. The molecule has 1 amide bonds. The predicted molar refractivity (Wildman–Crippen MR) is 128 cm³/mol.